The topological polar surface area (TPSA) is 26.3 Å². The van der Waals surface area contributed by atoms with Crippen molar-refractivity contribution in [2.45, 2.75) is 13.8 Å². The summed E-state index contributed by atoms with van der Waals surface area (Å²) in [6.07, 6.45) is 5.14. The number of ether oxygens (including phenoxy) is 1. The van der Waals surface area contributed by atoms with Gasteiger partial charge in [-0.05, 0) is 35.3 Å². The van der Waals surface area contributed by atoms with E-state index in [0.717, 1.165) is 27.1 Å². The molecule has 0 N–H and O–H groups in total. The lowest BCUT2D eigenvalue weighted by molar-refractivity contribution is -0.110. The highest BCUT2D eigenvalue weighted by Gasteiger charge is 2.00. The summed E-state index contributed by atoms with van der Waals surface area (Å²) in [5.74, 6) is 2.80. The maximum atomic E-state index is 11.9. The first-order valence-corrected chi connectivity index (χ1v) is 8.50. The Kier molecular flexibility index (Phi) is 8.23. The van der Waals surface area contributed by atoms with Crippen molar-refractivity contribution in [2.75, 3.05) is 18.6 Å². The molecule has 1 rings (SSSR count). The van der Waals surface area contributed by atoms with Crippen LogP contribution in [0.1, 0.15) is 19.4 Å². The monoisotopic (exact) mass is 308 g/mol. The van der Waals surface area contributed by atoms with E-state index in [0.29, 0.717) is 0 Å². The van der Waals surface area contributed by atoms with Crippen LogP contribution in [0.25, 0.3) is 6.08 Å². The van der Waals surface area contributed by atoms with Crippen molar-refractivity contribution in [3.8, 4) is 5.75 Å². The van der Waals surface area contributed by atoms with Gasteiger partial charge in [-0.15, -0.1) is 23.5 Å². The number of allylic oxidation sites excluding steroid dienone is 2. The van der Waals surface area contributed by atoms with Crippen LogP contribution in [0.2, 0.25) is 0 Å². The summed E-state index contributed by atoms with van der Waals surface area (Å²) >= 11 is 3.42. The van der Waals surface area contributed by atoms with Gasteiger partial charge in [-0.25, -0.2) is 0 Å². The molecule has 0 bridgehead atoms. The number of hydrogen-bond donors (Lipinski definition) is 0. The Morgan fingerprint density at radius 1 is 1.15 bits per heavy atom. The fourth-order valence-electron chi connectivity index (χ4n) is 1.47. The van der Waals surface area contributed by atoms with Gasteiger partial charge in [0.1, 0.15) is 5.75 Å². The molecule has 0 aliphatic heterocycles. The van der Waals surface area contributed by atoms with Gasteiger partial charge >= 0.3 is 0 Å². The Morgan fingerprint density at radius 3 is 2.25 bits per heavy atom. The maximum absolute atomic E-state index is 11.9. The van der Waals surface area contributed by atoms with E-state index in [4.69, 9.17) is 4.74 Å². The van der Waals surface area contributed by atoms with E-state index >= 15 is 0 Å². The summed E-state index contributed by atoms with van der Waals surface area (Å²) in [6, 6.07) is 7.61. The van der Waals surface area contributed by atoms with Gasteiger partial charge < -0.3 is 4.74 Å². The summed E-state index contributed by atoms with van der Waals surface area (Å²) in [5, 5.41) is 0. The molecule has 2 nitrogen and oxygen atoms in total. The number of benzene rings is 1. The second kappa shape index (κ2) is 9.72. The number of hydrogen-bond acceptors (Lipinski definition) is 4. The summed E-state index contributed by atoms with van der Waals surface area (Å²) in [4.78, 5) is 11.9. The zero-order valence-electron chi connectivity index (χ0n) is 12.1. The molecule has 0 unspecified atom stereocenters. The van der Waals surface area contributed by atoms with Gasteiger partial charge in [-0.1, -0.05) is 32.1 Å². The second-order valence-electron chi connectivity index (χ2n) is 3.84. The molecule has 1 aromatic carbocycles. The molecule has 0 amide bonds. The molecule has 0 saturated carbocycles. The molecular weight excluding hydrogens is 288 g/mol. The highest BCUT2D eigenvalue weighted by molar-refractivity contribution is 8.22. The molecule has 4 heteroatoms. The van der Waals surface area contributed by atoms with Crippen LogP contribution in [0, 0.1) is 0 Å². The molecule has 0 aliphatic rings. The van der Waals surface area contributed by atoms with Crippen molar-refractivity contribution in [3.63, 3.8) is 0 Å². The molecule has 108 valence electrons. The minimum atomic E-state index is 0.0257. The van der Waals surface area contributed by atoms with E-state index in [2.05, 4.69) is 13.8 Å². The smallest absolute Gasteiger partial charge is 0.180 e. The van der Waals surface area contributed by atoms with Crippen molar-refractivity contribution < 1.29 is 9.53 Å². The third-order valence-electron chi connectivity index (χ3n) is 2.39. The molecule has 0 heterocycles. The van der Waals surface area contributed by atoms with Crippen LogP contribution >= 0.6 is 23.5 Å². The molecule has 20 heavy (non-hydrogen) atoms. The summed E-state index contributed by atoms with van der Waals surface area (Å²) in [5.41, 5.74) is 0.986. The highest BCUT2D eigenvalue weighted by atomic mass is 32.2. The summed E-state index contributed by atoms with van der Waals surface area (Å²) in [6.45, 7) is 4.18. The Morgan fingerprint density at radius 2 is 1.75 bits per heavy atom. The lowest BCUT2D eigenvalue weighted by atomic mass is 10.2. The minimum Gasteiger partial charge on any atom is -0.497 e. The van der Waals surface area contributed by atoms with E-state index in [1.54, 1.807) is 42.8 Å². The van der Waals surface area contributed by atoms with Gasteiger partial charge in [0.25, 0.3) is 0 Å². The first-order chi connectivity index (χ1) is 9.69. The molecule has 0 saturated heterocycles. The second-order valence-corrected chi connectivity index (χ2v) is 6.71. The number of rotatable bonds is 8. The molecule has 0 spiro atoms. The van der Waals surface area contributed by atoms with Crippen molar-refractivity contribution in [1.82, 2.24) is 0 Å². The molecule has 0 radical (unpaired) electrons. The van der Waals surface area contributed by atoms with Crippen LogP contribution in [0.5, 0.6) is 5.75 Å². The Bertz CT molecular complexity index is 468. The average molecular weight is 308 g/mol. The number of carbonyl (C=O) groups is 1. The van der Waals surface area contributed by atoms with E-state index in [-0.39, 0.29) is 5.78 Å². The van der Waals surface area contributed by atoms with Gasteiger partial charge in [0, 0.05) is 10.3 Å². The quantitative estimate of drug-likeness (QED) is 0.654. The van der Waals surface area contributed by atoms with Crippen molar-refractivity contribution in [1.29, 1.82) is 0 Å². The largest absolute Gasteiger partial charge is 0.497 e. The number of carbonyl (C=O) groups excluding carboxylic acids is 1. The Balaban J connectivity index is 2.67. The fourth-order valence-corrected chi connectivity index (χ4v) is 3.48. The van der Waals surface area contributed by atoms with Crippen molar-refractivity contribution in [3.05, 3.63) is 46.2 Å². The van der Waals surface area contributed by atoms with Crippen LogP contribution in [0.15, 0.2) is 40.7 Å². The predicted molar refractivity (Wildman–Crippen MR) is 91.4 cm³/mol. The molecule has 1 aromatic rings. The standard InChI is InChI=1S/C16H20O2S2/c1-4-19-16(20-5-2)12-14(17)9-6-13-7-10-15(18-3)11-8-13/h6-12H,4-5H2,1-3H3/b9-6+. The lowest BCUT2D eigenvalue weighted by Gasteiger charge is -2.01. The van der Waals surface area contributed by atoms with Gasteiger partial charge in [0.05, 0.1) is 7.11 Å². The first kappa shape index (κ1) is 16.9. The van der Waals surface area contributed by atoms with Gasteiger partial charge in [0.15, 0.2) is 5.78 Å². The summed E-state index contributed by atoms with van der Waals surface area (Å²) < 4.78 is 6.18. The predicted octanol–water partition coefficient (Wildman–Crippen LogP) is 4.63. The van der Waals surface area contributed by atoms with E-state index in [9.17, 15) is 4.79 Å². The zero-order valence-corrected chi connectivity index (χ0v) is 13.7. The highest BCUT2D eigenvalue weighted by Crippen LogP contribution is 2.27. The van der Waals surface area contributed by atoms with Gasteiger partial charge in [-0.3, -0.25) is 4.79 Å². The number of thioether (sulfide) groups is 2. The van der Waals surface area contributed by atoms with E-state index < -0.39 is 0 Å². The van der Waals surface area contributed by atoms with Crippen LogP contribution in [0.3, 0.4) is 0 Å². The lowest BCUT2D eigenvalue weighted by Crippen LogP contribution is -1.88. The number of methoxy groups -OCH3 is 1. The van der Waals surface area contributed by atoms with Crippen LogP contribution < -0.4 is 4.74 Å². The molecular formula is C16H20O2S2. The van der Waals surface area contributed by atoms with E-state index in [1.165, 1.54) is 0 Å². The van der Waals surface area contributed by atoms with Gasteiger partial charge in [0.2, 0.25) is 0 Å². The third-order valence-corrected chi connectivity index (χ3v) is 4.48. The Hall–Kier alpha value is -1.13. The van der Waals surface area contributed by atoms with Crippen LogP contribution in [-0.2, 0) is 4.79 Å². The fraction of sp³-hybridized carbons (Fsp3) is 0.312. The molecule has 0 atom stereocenters. The third kappa shape index (κ3) is 6.35. The van der Waals surface area contributed by atoms with Crippen molar-refractivity contribution >= 4 is 35.4 Å². The minimum absolute atomic E-state index is 0.0257. The van der Waals surface area contributed by atoms with Crippen LogP contribution in [0.4, 0.5) is 0 Å². The summed E-state index contributed by atoms with van der Waals surface area (Å²) in [7, 11) is 1.64. The zero-order chi connectivity index (χ0) is 14.8. The van der Waals surface area contributed by atoms with Crippen molar-refractivity contribution in [2.24, 2.45) is 0 Å². The van der Waals surface area contributed by atoms with Crippen LogP contribution in [-0.4, -0.2) is 24.4 Å². The Labute approximate surface area is 129 Å². The van der Waals surface area contributed by atoms with Gasteiger partial charge in [-0.2, -0.15) is 0 Å². The first-order valence-electron chi connectivity index (χ1n) is 6.53. The van der Waals surface area contributed by atoms with E-state index in [1.807, 2.05) is 30.3 Å². The molecule has 0 fully saturated rings. The maximum Gasteiger partial charge on any atom is 0.180 e. The number of ketones is 1. The molecule has 0 aromatic heterocycles. The SMILES string of the molecule is CCSC(=CC(=O)/C=C/c1ccc(OC)cc1)SCC. The average Bonchev–Trinajstić information content (AvgIpc) is 2.46. The normalized spacial score (nSPS) is 10.6. The molecule has 0 aliphatic carbocycles.